The van der Waals surface area contributed by atoms with Crippen LogP contribution in [-0.2, 0) is 16.0 Å². The van der Waals surface area contributed by atoms with Crippen LogP contribution in [0.5, 0.6) is 0 Å². The van der Waals surface area contributed by atoms with Gasteiger partial charge < -0.3 is 25.0 Å². The van der Waals surface area contributed by atoms with Gasteiger partial charge in [0, 0.05) is 26.7 Å². The van der Waals surface area contributed by atoms with Gasteiger partial charge in [-0.15, -0.1) is 0 Å². The Morgan fingerprint density at radius 3 is 2.48 bits per heavy atom. The Morgan fingerprint density at radius 1 is 1.28 bits per heavy atom. The smallest absolute Gasteiger partial charge is 0.320 e. The summed E-state index contributed by atoms with van der Waals surface area (Å²) in [5.74, 6) is 0.272. The number of aliphatic hydroxyl groups is 1. The monoisotopic (exact) mass is 405 g/mol. The lowest BCUT2D eigenvalue weighted by molar-refractivity contribution is -0.111. The van der Waals surface area contributed by atoms with Gasteiger partial charge >= 0.3 is 6.03 Å². The average Bonchev–Trinajstić information content (AvgIpc) is 2.73. The van der Waals surface area contributed by atoms with Crippen LogP contribution in [0.15, 0.2) is 30.3 Å². The molecule has 2 rings (SSSR count). The second-order valence-electron chi connectivity index (χ2n) is 8.15. The molecule has 1 aromatic rings. The SMILES string of the molecule is COC1CCN(C(=O)N(CC(C)C)C[C@@H](O)[C@H](Cc2ccccc2)NC=O)CC1. The Labute approximate surface area is 174 Å². The fraction of sp³-hybridized carbons (Fsp3) is 0.636. The summed E-state index contributed by atoms with van der Waals surface area (Å²) in [5.41, 5.74) is 1.02. The number of methoxy groups -OCH3 is 1. The molecule has 29 heavy (non-hydrogen) atoms. The Balaban J connectivity index is 2.04. The maximum atomic E-state index is 13.1. The quantitative estimate of drug-likeness (QED) is 0.583. The molecule has 7 heteroatoms. The molecular formula is C22H35N3O4. The lowest BCUT2D eigenvalue weighted by Crippen LogP contribution is -2.53. The van der Waals surface area contributed by atoms with Crippen LogP contribution in [0, 0.1) is 5.92 Å². The molecule has 0 aliphatic carbocycles. The van der Waals surface area contributed by atoms with E-state index in [0.717, 1.165) is 18.4 Å². The van der Waals surface area contributed by atoms with Crippen molar-refractivity contribution < 1.29 is 19.4 Å². The van der Waals surface area contributed by atoms with Crippen LogP contribution in [0.3, 0.4) is 0 Å². The first-order valence-corrected chi connectivity index (χ1v) is 10.4. The van der Waals surface area contributed by atoms with E-state index in [9.17, 15) is 14.7 Å². The number of nitrogens with one attached hydrogen (secondary N) is 1. The van der Waals surface area contributed by atoms with Crippen LogP contribution in [0.2, 0.25) is 0 Å². The molecule has 0 saturated carbocycles. The molecule has 0 radical (unpaired) electrons. The van der Waals surface area contributed by atoms with Crippen molar-refractivity contribution in [3.8, 4) is 0 Å². The predicted molar refractivity (Wildman–Crippen MR) is 113 cm³/mol. The van der Waals surface area contributed by atoms with E-state index in [1.807, 2.05) is 35.2 Å². The van der Waals surface area contributed by atoms with Gasteiger partial charge in [0.15, 0.2) is 0 Å². The lowest BCUT2D eigenvalue weighted by atomic mass is 10.0. The zero-order valence-corrected chi connectivity index (χ0v) is 17.8. The molecule has 2 atom stereocenters. The molecule has 2 N–H and O–H groups in total. The summed E-state index contributed by atoms with van der Waals surface area (Å²) in [6, 6.07) is 9.19. The summed E-state index contributed by atoms with van der Waals surface area (Å²) in [6.07, 6.45) is 2.10. The van der Waals surface area contributed by atoms with Gasteiger partial charge in [0.1, 0.15) is 0 Å². The molecule has 0 spiro atoms. The number of hydrogen-bond acceptors (Lipinski definition) is 4. The number of nitrogens with zero attached hydrogens (tertiary/aromatic N) is 2. The molecule has 1 fully saturated rings. The normalized spacial score (nSPS) is 17.1. The zero-order valence-electron chi connectivity index (χ0n) is 17.8. The van der Waals surface area contributed by atoms with E-state index in [1.165, 1.54) is 0 Å². The Kier molecular flexibility index (Phi) is 9.41. The molecule has 1 aliphatic rings. The van der Waals surface area contributed by atoms with Gasteiger partial charge in [0.25, 0.3) is 0 Å². The highest BCUT2D eigenvalue weighted by Gasteiger charge is 2.30. The van der Waals surface area contributed by atoms with Gasteiger partial charge in [0.05, 0.1) is 24.8 Å². The van der Waals surface area contributed by atoms with E-state index in [2.05, 4.69) is 19.2 Å². The number of piperidine rings is 1. The first-order valence-electron chi connectivity index (χ1n) is 10.4. The van der Waals surface area contributed by atoms with E-state index in [-0.39, 0.29) is 24.6 Å². The fourth-order valence-corrected chi connectivity index (χ4v) is 3.77. The minimum atomic E-state index is -0.861. The molecule has 7 nitrogen and oxygen atoms in total. The van der Waals surface area contributed by atoms with Crippen LogP contribution in [-0.4, -0.2) is 78.9 Å². The second kappa shape index (κ2) is 11.8. The van der Waals surface area contributed by atoms with E-state index in [1.54, 1.807) is 12.0 Å². The molecule has 0 aromatic heterocycles. The summed E-state index contributed by atoms with van der Waals surface area (Å²) in [6.45, 7) is 6.15. The molecular weight excluding hydrogens is 370 g/mol. The van der Waals surface area contributed by atoms with E-state index < -0.39 is 12.1 Å². The van der Waals surface area contributed by atoms with E-state index >= 15 is 0 Å². The topological polar surface area (TPSA) is 82.1 Å². The van der Waals surface area contributed by atoms with E-state index in [4.69, 9.17) is 4.74 Å². The van der Waals surface area contributed by atoms with Crippen molar-refractivity contribution in [1.29, 1.82) is 0 Å². The molecule has 1 saturated heterocycles. The average molecular weight is 406 g/mol. The zero-order chi connectivity index (χ0) is 21.2. The van der Waals surface area contributed by atoms with Gasteiger partial charge in [-0.1, -0.05) is 44.2 Å². The number of urea groups is 1. The highest BCUT2D eigenvalue weighted by molar-refractivity contribution is 5.74. The third-order valence-electron chi connectivity index (χ3n) is 5.35. The van der Waals surface area contributed by atoms with Crippen molar-refractivity contribution in [2.75, 3.05) is 33.3 Å². The minimum absolute atomic E-state index is 0.0585. The first kappa shape index (κ1) is 23.2. The van der Waals surface area contributed by atoms with Crippen molar-refractivity contribution in [2.45, 2.75) is 51.4 Å². The van der Waals surface area contributed by atoms with Crippen LogP contribution >= 0.6 is 0 Å². The van der Waals surface area contributed by atoms with Gasteiger partial charge in [-0.2, -0.15) is 0 Å². The Morgan fingerprint density at radius 2 is 1.93 bits per heavy atom. The molecule has 162 valence electrons. The van der Waals surface area contributed by atoms with Crippen molar-refractivity contribution in [2.24, 2.45) is 5.92 Å². The van der Waals surface area contributed by atoms with Gasteiger partial charge in [-0.25, -0.2) is 4.79 Å². The van der Waals surface area contributed by atoms with Crippen molar-refractivity contribution in [1.82, 2.24) is 15.1 Å². The van der Waals surface area contributed by atoms with Gasteiger partial charge in [-0.3, -0.25) is 4.79 Å². The van der Waals surface area contributed by atoms with Crippen molar-refractivity contribution >= 4 is 12.4 Å². The number of hydrogen-bond donors (Lipinski definition) is 2. The van der Waals surface area contributed by atoms with Crippen LogP contribution in [0.4, 0.5) is 4.79 Å². The third kappa shape index (κ3) is 7.33. The Bertz CT molecular complexity index is 618. The highest BCUT2D eigenvalue weighted by atomic mass is 16.5. The first-order chi connectivity index (χ1) is 13.9. The molecule has 1 aliphatic heterocycles. The summed E-state index contributed by atoms with van der Waals surface area (Å²) < 4.78 is 5.39. The fourth-order valence-electron chi connectivity index (χ4n) is 3.77. The summed E-state index contributed by atoms with van der Waals surface area (Å²) >= 11 is 0. The second-order valence-corrected chi connectivity index (χ2v) is 8.15. The standard InChI is InChI=1S/C22H35N3O4/c1-17(2)14-25(22(28)24-11-9-19(29-3)10-12-24)15-21(27)20(23-16-26)13-18-7-5-4-6-8-18/h4-8,16-17,19-21,27H,9-15H2,1-3H3,(H,23,26)/t20-,21+/m0/s1. The number of carbonyl (C=O) groups is 2. The van der Waals surface area contributed by atoms with Crippen molar-refractivity contribution in [3.63, 3.8) is 0 Å². The molecule has 1 heterocycles. The molecule has 0 bridgehead atoms. The number of likely N-dealkylation sites (tertiary alicyclic amines) is 1. The molecule has 3 amide bonds. The number of rotatable bonds is 10. The molecule has 0 unspecified atom stereocenters. The number of carbonyl (C=O) groups excluding carboxylic acids is 2. The maximum absolute atomic E-state index is 13.1. The molecule has 1 aromatic carbocycles. The maximum Gasteiger partial charge on any atom is 0.320 e. The minimum Gasteiger partial charge on any atom is -0.389 e. The number of amides is 3. The van der Waals surface area contributed by atoms with Crippen LogP contribution in [0.1, 0.15) is 32.3 Å². The van der Waals surface area contributed by atoms with Crippen LogP contribution in [0.25, 0.3) is 0 Å². The number of aliphatic hydroxyl groups excluding tert-OH is 1. The predicted octanol–water partition coefficient (Wildman–Crippen LogP) is 1.89. The van der Waals surface area contributed by atoms with E-state index in [0.29, 0.717) is 32.5 Å². The van der Waals surface area contributed by atoms with Gasteiger partial charge in [-0.05, 0) is 30.7 Å². The third-order valence-corrected chi connectivity index (χ3v) is 5.35. The summed E-state index contributed by atoms with van der Waals surface area (Å²) in [5, 5.41) is 13.6. The van der Waals surface area contributed by atoms with Crippen LogP contribution < -0.4 is 5.32 Å². The summed E-state index contributed by atoms with van der Waals surface area (Å²) in [7, 11) is 1.70. The van der Waals surface area contributed by atoms with Crippen molar-refractivity contribution in [3.05, 3.63) is 35.9 Å². The van der Waals surface area contributed by atoms with Gasteiger partial charge in [0.2, 0.25) is 6.41 Å². The number of ether oxygens (including phenoxy) is 1. The number of benzene rings is 1. The summed E-state index contributed by atoms with van der Waals surface area (Å²) in [4.78, 5) is 27.8. The largest absolute Gasteiger partial charge is 0.389 e. The lowest BCUT2D eigenvalue weighted by Gasteiger charge is -2.37. The highest BCUT2D eigenvalue weighted by Crippen LogP contribution is 2.16. The Hall–Kier alpha value is -2.12.